The highest BCUT2D eigenvalue weighted by Crippen LogP contribution is 2.38. The molecular weight excluding hydrogens is 266 g/mol. The Hall–Kier alpha value is -0.540. The van der Waals surface area contributed by atoms with Crippen LogP contribution in [0.25, 0.3) is 0 Å². The van der Waals surface area contributed by atoms with Crippen molar-refractivity contribution in [3.8, 4) is 5.75 Å². The molecule has 1 fully saturated rings. The van der Waals surface area contributed by atoms with Gasteiger partial charge < -0.3 is 10.1 Å². The normalized spacial score (nSPS) is 20.6. The van der Waals surface area contributed by atoms with Crippen molar-refractivity contribution in [2.75, 3.05) is 19.7 Å². The number of hydrogen-bond donors (Lipinski definition) is 1. The smallest absolute Gasteiger partial charge is 0.136 e. The highest BCUT2D eigenvalue weighted by Gasteiger charge is 2.21. The molecule has 1 N–H and O–H groups in total. The number of hydrogen-bond acceptors (Lipinski definition) is 2. The van der Waals surface area contributed by atoms with E-state index in [9.17, 15) is 0 Å². The van der Waals surface area contributed by atoms with Crippen molar-refractivity contribution in [2.45, 2.75) is 25.2 Å². The van der Waals surface area contributed by atoms with Gasteiger partial charge in [0.25, 0.3) is 0 Å². The van der Waals surface area contributed by atoms with Gasteiger partial charge in [0.05, 0.1) is 11.1 Å². The number of nitrogens with one attached hydrogen (secondary N) is 1. The minimum atomic E-state index is 0.725. The van der Waals surface area contributed by atoms with Gasteiger partial charge in [0, 0.05) is 6.42 Å². The van der Waals surface area contributed by atoms with Crippen LogP contribution in [0, 0.1) is 0 Å². The Kier molecular flexibility index (Phi) is 2.90. The molecule has 1 saturated heterocycles. The maximum absolute atomic E-state index is 5.61. The van der Waals surface area contributed by atoms with E-state index < -0.39 is 0 Å². The molecular formula is C13H16BrNO. The van der Waals surface area contributed by atoms with Crippen molar-refractivity contribution >= 4 is 15.9 Å². The van der Waals surface area contributed by atoms with Gasteiger partial charge in [0.1, 0.15) is 5.75 Å². The van der Waals surface area contributed by atoms with E-state index in [2.05, 4.69) is 33.4 Å². The first-order chi connectivity index (χ1) is 7.84. The number of piperidine rings is 1. The fourth-order valence-corrected chi connectivity index (χ4v) is 3.31. The molecule has 2 nitrogen and oxygen atoms in total. The maximum Gasteiger partial charge on any atom is 0.136 e. The zero-order chi connectivity index (χ0) is 11.0. The zero-order valence-electron chi connectivity index (χ0n) is 9.26. The van der Waals surface area contributed by atoms with Gasteiger partial charge in [0.2, 0.25) is 0 Å². The zero-order valence-corrected chi connectivity index (χ0v) is 10.8. The first kappa shape index (κ1) is 10.6. The molecule has 0 aromatic heterocycles. The van der Waals surface area contributed by atoms with Crippen LogP contribution in [-0.2, 0) is 6.42 Å². The van der Waals surface area contributed by atoms with Crippen LogP contribution in [0.2, 0.25) is 0 Å². The third-order valence-corrected chi connectivity index (χ3v) is 4.16. The second kappa shape index (κ2) is 4.38. The van der Waals surface area contributed by atoms with Gasteiger partial charge in [-0.2, -0.15) is 0 Å². The molecule has 0 spiro atoms. The van der Waals surface area contributed by atoms with Gasteiger partial charge in [-0.15, -0.1) is 0 Å². The monoisotopic (exact) mass is 281 g/mol. The van der Waals surface area contributed by atoms with Crippen LogP contribution < -0.4 is 10.1 Å². The van der Waals surface area contributed by atoms with Gasteiger partial charge in [-0.25, -0.2) is 0 Å². The summed E-state index contributed by atoms with van der Waals surface area (Å²) < 4.78 is 6.75. The van der Waals surface area contributed by atoms with E-state index in [4.69, 9.17) is 4.74 Å². The number of rotatable bonds is 1. The molecule has 3 heteroatoms. The first-order valence-corrected chi connectivity index (χ1v) is 6.80. The summed E-state index contributed by atoms with van der Waals surface area (Å²) in [6.07, 6.45) is 3.57. The average molecular weight is 282 g/mol. The Morgan fingerprint density at radius 2 is 2.06 bits per heavy atom. The SMILES string of the molecule is Brc1cc(C2CCNCC2)cc2c1OCC2. The molecule has 2 heterocycles. The molecule has 0 amide bonds. The lowest BCUT2D eigenvalue weighted by atomic mass is 9.89. The minimum Gasteiger partial charge on any atom is -0.492 e. The number of fused-ring (bicyclic) bond motifs is 1. The molecule has 0 radical (unpaired) electrons. The Bertz CT molecular complexity index is 399. The lowest BCUT2D eigenvalue weighted by Crippen LogP contribution is -2.26. The maximum atomic E-state index is 5.61. The van der Waals surface area contributed by atoms with E-state index in [1.807, 2.05) is 0 Å². The molecule has 3 rings (SSSR count). The fraction of sp³-hybridized carbons (Fsp3) is 0.538. The Labute approximate surface area is 105 Å². The van der Waals surface area contributed by atoms with E-state index in [1.54, 1.807) is 0 Å². The number of benzene rings is 1. The lowest BCUT2D eigenvalue weighted by Gasteiger charge is -2.23. The summed E-state index contributed by atoms with van der Waals surface area (Å²) in [7, 11) is 0. The first-order valence-electron chi connectivity index (χ1n) is 6.00. The molecule has 2 aliphatic heterocycles. The predicted molar refractivity (Wildman–Crippen MR) is 68.2 cm³/mol. The van der Waals surface area contributed by atoms with E-state index in [-0.39, 0.29) is 0 Å². The fourth-order valence-electron chi connectivity index (χ4n) is 2.68. The number of halogens is 1. The summed E-state index contributed by atoms with van der Waals surface area (Å²) in [6, 6.07) is 4.60. The van der Waals surface area contributed by atoms with Gasteiger partial charge in [-0.05, 0) is 65.0 Å². The summed E-state index contributed by atoms with van der Waals surface area (Å²) in [5.41, 5.74) is 2.86. The van der Waals surface area contributed by atoms with E-state index in [0.717, 1.165) is 42.3 Å². The quantitative estimate of drug-likeness (QED) is 0.855. The second-order valence-electron chi connectivity index (χ2n) is 4.61. The summed E-state index contributed by atoms with van der Waals surface area (Å²) >= 11 is 3.62. The van der Waals surface area contributed by atoms with Crippen molar-refractivity contribution in [3.63, 3.8) is 0 Å². The molecule has 16 heavy (non-hydrogen) atoms. The van der Waals surface area contributed by atoms with E-state index in [1.165, 1.54) is 24.0 Å². The Morgan fingerprint density at radius 1 is 1.25 bits per heavy atom. The van der Waals surface area contributed by atoms with Crippen LogP contribution in [0.5, 0.6) is 5.75 Å². The van der Waals surface area contributed by atoms with Gasteiger partial charge in [0.15, 0.2) is 0 Å². The summed E-state index contributed by atoms with van der Waals surface area (Å²) in [6.45, 7) is 3.13. The summed E-state index contributed by atoms with van der Waals surface area (Å²) in [4.78, 5) is 0. The third kappa shape index (κ3) is 1.87. The van der Waals surface area contributed by atoms with E-state index in [0.29, 0.717) is 0 Å². The highest BCUT2D eigenvalue weighted by atomic mass is 79.9. The molecule has 1 aromatic rings. The van der Waals surface area contributed by atoms with Crippen molar-refractivity contribution < 1.29 is 4.74 Å². The molecule has 1 aromatic carbocycles. The molecule has 0 atom stereocenters. The number of ether oxygens (including phenoxy) is 1. The van der Waals surface area contributed by atoms with Gasteiger partial charge in [-0.3, -0.25) is 0 Å². The third-order valence-electron chi connectivity index (χ3n) is 3.57. The van der Waals surface area contributed by atoms with Crippen LogP contribution in [0.1, 0.15) is 29.9 Å². The molecule has 0 saturated carbocycles. The Morgan fingerprint density at radius 3 is 2.88 bits per heavy atom. The van der Waals surface area contributed by atoms with Crippen LogP contribution in [0.4, 0.5) is 0 Å². The molecule has 0 unspecified atom stereocenters. The van der Waals surface area contributed by atoms with Crippen LogP contribution in [-0.4, -0.2) is 19.7 Å². The van der Waals surface area contributed by atoms with Crippen LogP contribution in [0.15, 0.2) is 16.6 Å². The van der Waals surface area contributed by atoms with Crippen LogP contribution >= 0.6 is 15.9 Å². The summed E-state index contributed by atoms with van der Waals surface area (Å²) in [5, 5.41) is 3.42. The topological polar surface area (TPSA) is 21.3 Å². The molecule has 0 aliphatic carbocycles. The van der Waals surface area contributed by atoms with E-state index >= 15 is 0 Å². The van der Waals surface area contributed by atoms with Crippen molar-refractivity contribution in [1.82, 2.24) is 5.32 Å². The standard InChI is InChI=1S/C13H16BrNO/c14-12-8-11(9-1-4-15-5-2-9)7-10-3-6-16-13(10)12/h7-9,15H,1-6H2. The van der Waals surface area contributed by atoms with Crippen molar-refractivity contribution in [1.29, 1.82) is 0 Å². The predicted octanol–water partition coefficient (Wildman–Crippen LogP) is 2.85. The van der Waals surface area contributed by atoms with Gasteiger partial charge in [-0.1, -0.05) is 6.07 Å². The van der Waals surface area contributed by atoms with Crippen molar-refractivity contribution in [3.05, 3.63) is 27.7 Å². The molecule has 86 valence electrons. The highest BCUT2D eigenvalue weighted by molar-refractivity contribution is 9.10. The summed E-state index contributed by atoms with van der Waals surface area (Å²) in [5.74, 6) is 1.79. The second-order valence-corrected chi connectivity index (χ2v) is 5.47. The van der Waals surface area contributed by atoms with Crippen molar-refractivity contribution in [2.24, 2.45) is 0 Å². The molecule has 2 aliphatic rings. The average Bonchev–Trinajstić information content (AvgIpc) is 2.79. The lowest BCUT2D eigenvalue weighted by molar-refractivity contribution is 0.355. The molecule has 0 bridgehead atoms. The van der Waals surface area contributed by atoms with Crippen LogP contribution in [0.3, 0.4) is 0 Å². The minimum absolute atomic E-state index is 0.725. The Balaban J connectivity index is 1.92. The van der Waals surface area contributed by atoms with Gasteiger partial charge >= 0.3 is 0 Å². The largest absolute Gasteiger partial charge is 0.492 e.